The van der Waals surface area contributed by atoms with Crippen molar-refractivity contribution in [1.82, 2.24) is 29.6 Å². The van der Waals surface area contributed by atoms with Crippen LogP contribution in [-0.4, -0.2) is 86.3 Å². The topological polar surface area (TPSA) is 104 Å². The maximum atomic E-state index is 10.1. The van der Waals surface area contributed by atoms with Crippen molar-refractivity contribution in [2.75, 3.05) is 49.6 Å². The number of piperazine rings is 1. The number of aliphatic hydroxyl groups excluding tert-OH is 1. The van der Waals surface area contributed by atoms with Gasteiger partial charge in [0.1, 0.15) is 5.82 Å². The van der Waals surface area contributed by atoms with Gasteiger partial charge in [0.2, 0.25) is 5.95 Å². The first-order chi connectivity index (χ1) is 16.1. The van der Waals surface area contributed by atoms with E-state index in [2.05, 4.69) is 41.8 Å². The molecule has 1 saturated carbocycles. The van der Waals surface area contributed by atoms with Crippen molar-refractivity contribution < 1.29 is 9.84 Å². The number of rotatable bonds is 5. The Hall–Kier alpha value is -2.53. The van der Waals surface area contributed by atoms with Crippen LogP contribution >= 0.6 is 11.6 Å². The molecule has 3 aromatic heterocycles. The van der Waals surface area contributed by atoms with E-state index in [-0.39, 0.29) is 6.04 Å². The average molecular weight is 471 g/mol. The Kier molecular flexibility index (Phi) is 5.33. The fraction of sp³-hybridized carbons (Fsp3) is 0.545. The molecule has 2 N–H and O–H groups in total. The van der Waals surface area contributed by atoms with Crippen LogP contribution in [0.5, 0.6) is 0 Å². The van der Waals surface area contributed by atoms with Crippen LogP contribution in [0.1, 0.15) is 24.6 Å². The van der Waals surface area contributed by atoms with Crippen LogP contribution in [0.2, 0.25) is 5.02 Å². The van der Waals surface area contributed by atoms with Crippen molar-refractivity contribution in [3.05, 3.63) is 29.2 Å². The molecule has 0 aromatic carbocycles. The molecule has 0 unspecified atom stereocenters. The van der Waals surface area contributed by atoms with Crippen LogP contribution in [-0.2, 0) is 4.74 Å². The monoisotopic (exact) mass is 470 g/mol. The van der Waals surface area contributed by atoms with Gasteiger partial charge in [-0.15, -0.1) is 0 Å². The third kappa shape index (κ3) is 4.01. The molecular formula is C22H27ClN8O2. The van der Waals surface area contributed by atoms with Crippen LogP contribution in [0.3, 0.4) is 0 Å². The number of ether oxygens (including phenoxy) is 1. The quantitative estimate of drug-likeness (QED) is 0.580. The van der Waals surface area contributed by atoms with Gasteiger partial charge in [0.25, 0.3) is 0 Å². The van der Waals surface area contributed by atoms with Crippen molar-refractivity contribution >= 4 is 40.1 Å². The Balaban J connectivity index is 1.20. The van der Waals surface area contributed by atoms with E-state index < -0.39 is 6.10 Å². The summed E-state index contributed by atoms with van der Waals surface area (Å²) in [6.45, 7) is 6.25. The summed E-state index contributed by atoms with van der Waals surface area (Å²) in [7, 11) is 0. The number of aliphatic hydroxyl groups is 1. The number of halogens is 1. The molecule has 6 rings (SSSR count). The van der Waals surface area contributed by atoms with Crippen molar-refractivity contribution in [2.45, 2.75) is 38.0 Å². The van der Waals surface area contributed by atoms with E-state index in [1.807, 2.05) is 12.3 Å². The van der Waals surface area contributed by atoms with Gasteiger partial charge < -0.3 is 20.1 Å². The molecule has 3 aromatic rings. The summed E-state index contributed by atoms with van der Waals surface area (Å²) in [5.41, 5.74) is 2.59. The van der Waals surface area contributed by atoms with Gasteiger partial charge >= 0.3 is 0 Å². The molecular weight excluding hydrogens is 444 g/mol. The molecule has 0 radical (unpaired) electrons. The summed E-state index contributed by atoms with van der Waals surface area (Å²) in [6, 6.07) is 2.47. The molecule has 2 atom stereocenters. The summed E-state index contributed by atoms with van der Waals surface area (Å²) < 4.78 is 7.48. The predicted molar refractivity (Wildman–Crippen MR) is 125 cm³/mol. The summed E-state index contributed by atoms with van der Waals surface area (Å²) in [6.07, 6.45) is 5.53. The van der Waals surface area contributed by atoms with E-state index in [4.69, 9.17) is 21.3 Å². The molecule has 11 heteroatoms. The number of pyridine rings is 1. The SMILES string of the molecule is Cc1c(Nc2ncc3cc(Cl)c(N4CCN([C@H]5COC[C@H]5O)CC4)nc3n2)cnn1C1CC1. The van der Waals surface area contributed by atoms with Gasteiger partial charge in [-0.2, -0.15) is 10.1 Å². The zero-order chi connectivity index (χ0) is 22.5. The van der Waals surface area contributed by atoms with Gasteiger partial charge in [0.15, 0.2) is 5.65 Å². The second-order valence-corrected chi connectivity index (χ2v) is 9.45. The lowest BCUT2D eigenvalue weighted by atomic mass is 10.1. The zero-order valence-corrected chi connectivity index (χ0v) is 19.2. The standard InChI is InChI=1S/C22H27ClN8O2/c1-13-17(10-25-31(13)15-2-3-15)26-22-24-9-14-8-16(23)21(27-20(14)28-22)30-6-4-29(5-7-30)18-11-33-12-19(18)32/h8-10,15,18-19,32H,2-7,11-12H2,1H3,(H,24,26,27,28)/t18-,19+/m0/s1. The number of nitrogens with one attached hydrogen (secondary N) is 1. The molecule has 0 spiro atoms. The molecule has 1 aliphatic carbocycles. The Labute approximate surface area is 196 Å². The Bertz CT molecular complexity index is 1170. The Morgan fingerprint density at radius 3 is 2.67 bits per heavy atom. The highest BCUT2D eigenvalue weighted by Gasteiger charge is 2.34. The van der Waals surface area contributed by atoms with Crippen LogP contribution in [0, 0.1) is 6.92 Å². The van der Waals surface area contributed by atoms with Crippen molar-refractivity contribution in [3.63, 3.8) is 0 Å². The fourth-order valence-electron chi connectivity index (χ4n) is 4.71. The number of nitrogens with zero attached hydrogens (tertiary/aromatic N) is 7. The molecule has 2 saturated heterocycles. The lowest BCUT2D eigenvalue weighted by molar-refractivity contribution is 0.0784. The first-order valence-electron chi connectivity index (χ1n) is 11.5. The van der Waals surface area contributed by atoms with Gasteiger partial charge in [-0.1, -0.05) is 11.6 Å². The molecule has 174 valence electrons. The smallest absolute Gasteiger partial charge is 0.229 e. The van der Waals surface area contributed by atoms with E-state index in [1.54, 1.807) is 6.20 Å². The highest BCUT2D eigenvalue weighted by molar-refractivity contribution is 6.33. The maximum Gasteiger partial charge on any atom is 0.229 e. The molecule has 33 heavy (non-hydrogen) atoms. The van der Waals surface area contributed by atoms with Gasteiger partial charge in [-0.3, -0.25) is 9.58 Å². The second kappa shape index (κ2) is 8.35. The van der Waals surface area contributed by atoms with Gasteiger partial charge in [0, 0.05) is 37.8 Å². The minimum Gasteiger partial charge on any atom is -0.389 e. The maximum absolute atomic E-state index is 10.1. The van der Waals surface area contributed by atoms with E-state index in [1.165, 1.54) is 12.8 Å². The normalized spacial score (nSPS) is 24.0. The Morgan fingerprint density at radius 2 is 1.94 bits per heavy atom. The molecule has 2 aliphatic heterocycles. The van der Waals surface area contributed by atoms with Crippen molar-refractivity contribution in [2.24, 2.45) is 0 Å². The van der Waals surface area contributed by atoms with Crippen LogP contribution in [0.15, 0.2) is 18.5 Å². The summed E-state index contributed by atoms with van der Waals surface area (Å²) in [5.74, 6) is 1.22. The second-order valence-electron chi connectivity index (χ2n) is 9.04. The molecule has 3 fully saturated rings. The Morgan fingerprint density at radius 1 is 1.12 bits per heavy atom. The summed E-state index contributed by atoms with van der Waals surface area (Å²) in [4.78, 5) is 18.4. The zero-order valence-electron chi connectivity index (χ0n) is 18.5. The van der Waals surface area contributed by atoms with E-state index in [9.17, 15) is 5.11 Å². The predicted octanol–water partition coefficient (Wildman–Crippen LogP) is 2.14. The number of anilines is 3. The number of aromatic nitrogens is 5. The molecule has 10 nitrogen and oxygen atoms in total. The van der Waals surface area contributed by atoms with Gasteiger partial charge in [0.05, 0.1) is 54.0 Å². The first-order valence-corrected chi connectivity index (χ1v) is 11.8. The minimum absolute atomic E-state index is 0.0706. The summed E-state index contributed by atoms with van der Waals surface area (Å²) in [5, 5.41) is 19.3. The van der Waals surface area contributed by atoms with Gasteiger partial charge in [-0.25, -0.2) is 9.97 Å². The fourth-order valence-corrected chi connectivity index (χ4v) is 4.99. The highest BCUT2D eigenvalue weighted by Crippen LogP contribution is 2.37. The summed E-state index contributed by atoms with van der Waals surface area (Å²) >= 11 is 6.59. The van der Waals surface area contributed by atoms with E-state index in [0.29, 0.717) is 35.9 Å². The lowest BCUT2D eigenvalue weighted by Crippen LogP contribution is -2.53. The average Bonchev–Trinajstić information content (AvgIpc) is 3.47. The van der Waals surface area contributed by atoms with Crippen LogP contribution < -0.4 is 10.2 Å². The molecule has 0 bridgehead atoms. The first kappa shape index (κ1) is 21.0. The molecule has 5 heterocycles. The van der Waals surface area contributed by atoms with Crippen LogP contribution in [0.25, 0.3) is 11.0 Å². The van der Waals surface area contributed by atoms with Crippen molar-refractivity contribution in [3.8, 4) is 0 Å². The number of hydrogen-bond donors (Lipinski definition) is 2. The van der Waals surface area contributed by atoms with Gasteiger partial charge in [-0.05, 0) is 25.8 Å². The minimum atomic E-state index is -0.415. The molecule has 0 amide bonds. The largest absolute Gasteiger partial charge is 0.389 e. The van der Waals surface area contributed by atoms with Crippen LogP contribution in [0.4, 0.5) is 17.5 Å². The number of hydrogen-bond acceptors (Lipinski definition) is 9. The van der Waals surface area contributed by atoms with E-state index in [0.717, 1.165) is 48.8 Å². The third-order valence-electron chi connectivity index (χ3n) is 6.79. The van der Waals surface area contributed by atoms with Crippen molar-refractivity contribution in [1.29, 1.82) is 0 Å². The van der Waals surface area contributed by atoms with E-state index >= 15 is 0 Å². The third-order valence-corrected chi connectivity index (χ3v) is 7.07. The highest BCUT2D eigenvalue weighted by atomic mass is 35.5. The lowest BCUT2D eigenvalue weighted by Gasteiger charge is -2.39. The number of fused-ring (bicyclic) bond motifs is 1. The molecule has 3 aliphatic rings.